The van der Waals surface area contributed by atoms with E-state index in [4.69, 9.17) is 25.4 Å². The molecule has 0 saturated carbocycles. The van der Waals surface area contributed by atoms with E-state index in [0.29, 0.717) is 17.9 Å². The molecule has 0 spiro atoms. The number of hydrogen-bond donors (Lipinski definition) is 5. The van der Waals surface area contributed by atoms with Gasteiger partial charge in [-0.15, -0.1) is 28.7 Å². The lowest BCUT2D eigenvalue weighted by Crippen LogP contribution is -2.32. The van der Waals surface area contributed by atoms with E-state index < -0.39 is 12.8 Å². The molecule has 216 valence electrons. The Morgan fingerprint density at radius 2 is 1.51 bits per heavy atom. The molecule has 0 bridgehead atoms. The van der Waals surface area contributed by atoms with Crippen LogP contribution in [0.5, 0.6) is 23.0 Å². The van der Waals surface area contributed by atoms with Crippen LogP contribution in [0.2, 0.25) is 0 Å². The Morgan fingerprint density at radius 3 is 2.03 bits per heavy atom. The summed E-state index contributed by atoms with van der Waals surface area (Å²) in [7, 11) is 2.99. The van der Waals surface area contributed by atoms with Crippen molar-refractivity contribution in [2.45, 2.75) is 37.3 Å². The summed E-state index contributed by atoms with van der Waals surface area (Å²) in [5.74, 6) is 0.767. The molecule has 2 unspecified atom stereocenters. The standard InChI is InChI=1S/C17H21NO4.C10H15O3PS2.BrH/c1-11(6-12-2-4-14(19)5-3-12)18-10-17(22)13-7-15(20)9-16(21)8-13;1-8-7-9(5-6-10(8)16-4)13-14(15,11-2)12-3;/h2-5,7-9,11,17-22H,6,10H2,1H3;5-7H,1-4H3;1H. The molecule has 0 radical (unpaired) electrons. The van der Waals surface area contributed by atoms with Gasteiger partial charge in [-0.25, -0.2) is 0 Å². The van der Waals surface area contributed by atoms with E-state index in [0.717, 1.165) is 17.5 Å². The van der Waals surface area contributed by atoms with Crippen molar-refractivity contribution in [3.05, 3.63) is 77.4 Å². The molecule has 5 N–H and O–H groups in total. The Labute approximate surface area is 250 Å². The lowest BCUT2D eigenvalue weighted by atomic mass is 10.1. The van der Waals surface area contributed by atoms with Crippen LogP contribution in [0, 0.1) is 6.92 Å². The minimum atomic E-state index is -2.62. The van der Waals surface area contributed by atoms with Crippen LogP contribution in [-0.2, 0) is 27.3 Å². The van der Waals surface area contributed by atoms with E-state index in [1.165, 1.54) is 37.3 Å². The first-order valence-corrected chi connectivity index (χ1v) is 15.5. The fourth-order valence-electron chi connectivity index (χ4n) is 3.48. The number of benzene rings is 3. The summed E-state index contributed by atoms with van der Waals surface area (Å²) in [4.78, 5) is 1.22. The number of nitrogens with one attached hydrogen (secondary N) is 1. The van der Waals surface area contributed by atoms with Gasteiger partial charge in [0.2, 0.25) is 0 Å². The van der Waals surface area contributed by atoms with Gasteiger partial charge in [0.15, 0.2) is 0 Å². The van der Waals surface area contributed by atoms with E-state index in [-0.39, 0.29) is 40.3 Å². The second-order valence-electron chi connectivity index (χ2n) is 8.51. The molecule has 0 amide bonds. The Morgan fingerprint density at radius 1 is 0.923 bits per heavy atom. The van der Waals surface area contributed by atoms with Crippen molar-refractivity contribution in [3.8, 4) is 23.0 Å². The topological polar surface area (TPSA) is 121 Å². The predicted molar refractivity (Wildman–Crippen MR) is 166 cm³/mol. The summed E-state index contributed by atoms with van der Waals surface area (Å²) in [5.41, 5.74) is 2.70. The zero-order chi connectivity index (χ0) is 28.3. The largest absolute Gasteiger partial charge is 0.508 e. The molecule has 3 aromatic carbocycles. The molecule has 0 aliphatic rings. The zero-order valence-corrected chi connectivity index (χ0v) is 26.8. The van der Waals surface area contributed by atoms with Crippen LogP contribution in [0.25, 0.3) is 0 Å². The number of aryl methyl sites for hydroxylation is 1. The Balaban J connectivity index is 0.000000399. The fourth-order valence-corrected chi connectivity index (χ4v) is 5.00. The van der Waals surface area contributed by atoms with Crippen LogP contribution in [-0.4, -0.2) is 53.5 Å². The monoisotopic (exact) mass is 661 g/mol. The second-order valence-corrected chi connectivity index (χ2v) is 12.5. The SMILES string of the molecule is Br.CC(Cc1ccc(O)cc1)NCC(O)c1cc(O)cc(O)c1.COP(=S)(OC)Oc1ccc(SC)c(C)c1. The molecule has 0 aliphatic carbocycles. The number of phenols is 3. The van der Waals surface area contributed by atoms with E-state index in [9.17, 15) is 20.4 Å². The molecule has 0 aliphatic heterocycles. The Kier molecular flexibility index (Phi) is 15.4. The van der Waals surface area contributed by atoms with Crippen molar-refractivity contribution in [2.24, 2.45) is 0 Å². The van der Waals surface area contributed by atoms with Gasteiger partial charge in [-0.2, -0.15) is 0 Å². The smallest absolute Gasteiger partial charge is 0.380 e. The fraction of sp³-hybridized carbons (Fsp3) is 0.333. The Bertz CT molecular complexity index is 1190. The van der Waals surface area contributed by atoms with E-state index >= 15 is 0 Å². The minimum Gasteiger partial charge on any atom is -0.508 e. The highest BCUT2D eigenvalue weighted by molar-refractivity contribution is 8.93. The number of thioether (sulfide) groups is 1. The van der Waals surface area contributed by atoms with Gasteiger partial charge in [0, 0.05) is 49.6 Å². The zero-order valence-electron chi connectivity index (χ0n) is 22.5. The first-order valence-electron chi connectivity index (χ1n) is 11.8. The van der Waals surface area contributed by atoms with Gasteiger partial charge in [-0.3, -0.25) is 0 Å². The molecule has 12 heteroatoms. The van der Waals surface area contributed by atoms with Crippen LogP contribution in [0.4, 0.5) is 0 Å². The van der Waals surface area contributed by atoms with E-state index in [1.54, 1.807) is 23.9 Å². The lowest BCUT2D eigenvalue weighted by molar-refractivity contribution is 0.170. The molecule has 0 heterocycles. The quantitative estimate of drug-likeness (QED) is 0.119. The number of aliphatic hydroxyl groups excluding tert-OH is 1. The van der Waals surface area contributed by atoms with Gasteiger partial charge in [0.1, 0.15) is 23.0 Å². The summed E-state index contributed by atoms with van der Waals surface area (Å²) in [6, 6.07) is 17.0. The van der Waals surface area contributed by atoms with Crippen molar-refractivity contribution in [3.63, 3.8) is 0 Å². The van der Waals surface area contributed by atoms with Gasteiger partial charge in [-0.05, 0) is 85.7 Å². The molecule has 39 heavy (non-hydrogen) atoms. The molecule has 0 saturated heterocycles. The lowest BCUT2D eigenvalue weighted by Gasteiger charge is -2.18. The van der Waals surface area contributed by atoms with Gasteiger partial charge in [-0.1, -0.05) is 12.1 Å². The Hall–Kier alpha value is -1.82. The number of halogens is 1. The summed E-state index contributed by atoms with van der Waals surface area (Å²) in [6.07, 6.45) is 1.98. The highest BCUT2D eigenvalue weighted by Crippen LogP contribution is 2.48. The van der Waals surface area contributed by atoms with Crippen LogP contribution in [0.3, 0.4) is 0 Å². The van der Waals surface area contributed by atoms with Crippen molar-refractivity contribution >= 4 is 47.3 Å². The van der Waals surface area contributed by atoms with Crippen LogP contribution >= 0.6 is 35.5 Å². The van der Waals surface area contributed by atoms with Crippen molar-refractivity contribution < 1.29 is 34.0 Å². The third-order valence-corrected chi connectivity index (χ3v) is 8.82. The number of aromatic hydroxyl groups is 3. The number of aliphatic hydroxyl groups is 1. The number of rotatable bonds is 11. The molecule has 3 rings (SSSR count). The summed E-state index contributed by atoms with van der Waals surface area (Å²) in [6.45, 7) is 1.72. The first-order chi connectivity index (χ1) is 18.0. The third kappa shape index (κ3) is 12.1. The molecule has 3 aromatic rings. The normalized spacial score (nSPS) is 12.5. The predicted octanol–water partition coefficient (Wildman–Crippen LogP) is 6.25. The molecule has 0 aromatic heterocycles. The molecule has 8 nitrogen and oxygen atoms in total. The van der Waals surface area contributed by atoms with Crippen molar-refractivity contribution in [2.75, 3.05) is 27.0 Å². The van der Waals surface area contributed by atoms with Gasteiger partial charge >= 0.3 is 6.72 Å². The van der Waals surface area contributed by atoms with E-state index in [2.05, 4.69) is 5.32 Å². The maximum absolute atomic E-state index is 10.1. The number of hydrogen-bond acceptors (Lipinski definition) is 10. The number of phenolic OH excluding ortho intramolecular Hbond substituents is 3. The van der Waals surface area contributed by atoms with Gasteiger partial charge in [0.25, 0.3) is 0 Å². The molecule has 0 fully saturated rings. The van der Waals surface area contributed by atoms with Crippen molar-refractivity contribution in [1.29, 1.82) is 0 Å². The second kappa shape index (κ2) is 17.1. The third-order valence-electron chi connectivity index (χ3n) is 5.48. The average molecular weight is 663 g/mol. The average Bonchev–Trinajstić information content (AvgIpc) is 2.88. The molecular formula is C27H37BrNO7PS2. The highest BCUT2D eigenvalue weighted by atomic mass is 79.9. The van der Waals surface area contributed by atoms with Gasteiger partial charge in [0.05, 0.1) is 6.10 Å². The molecular weight excluding hydrogens is 625 g/mol. The van der Waals surface area contributed by atoms with Crippen LogP contribution in [0.1, 0.15) is 29.7 Å². The first kappa shape index (κ1) is 35.2. The van der Waals surface area contributed by atoms with E-state index in [1.807, 2.05) is 50.4 Å². The van der Waals surface area contributed by atoms with Gasteiger partial charge < -0.3 is 39.3 Å². The summed E-state index contributed by atoms with van der Waals surface area (Å²) in [5, 5.41) is 41.4. The maximum Gasteiger partial charge on any atom is 0.380 e. The van der Waals surface area contributed by atoms with Crippen LogP contribution < -0.4 is 9.84 Å². The van der Waals surface area contributed by atoms with Crippen molar-refractivity contribution in [1.82, 2.24) is 5.32 Å². The van der Waals surface area contributed by atoms with Crippen LogP contribution in [0.15, 0.2) is 65.6 Å². The maximum atomic E-state index is 10.1. The summed E-state index contributed by atoms with van der Waals surface area (Å²) < 4.78 is 15.7. The highest BCUT2D eigenvalue weighted by Gasteiger charge is 2.18. The minimum absolute atomic E-state index is 0. The summed E-state index contributed by atoms with van der Waals surface area (Å²) >= 11 is 6.83. The molecule has 2 atom stereocenters.